The largest absolute Gasteiger partial charge is 0.473 e. The third-order valence-electron chi connectivity index (χ3n) is 2.32. The van der Waals surface area contributed by atoms with E-state index in [2.05, 4.69) is 23.8 Å². The molecule has 0 amide bonds. The minimum absolute atomic E-state index is 0.133. The summed E-state index contributed by atoms with van der Waals surface area (Å²) in [5.74, 6) is 0.674. The fourth-order valence-electron chi connectivity index (χ4n) is 1.52. The van der Waals surface area contributed by atoms with E-state index in [4.69, 9.17) is 4.74 Å². The average Bonchev–Trinajstić information content (AvgIpc) is 2.28. The van der Waals surface area contributed by atoms with Crippen LogP contribution in [0.25, 0.3) is 0 Å². The lowest BCUT2D eigenvalue weighted by molar-refractivity contribution is 0.234. The van der Waals surface area contributed by atoms with Crippen LogP contribution in [0.4, 0.5) is 5.69 Å². The topological polar surface area (TPSA) is 34.2 Å². The molecule has 3 heteroatoms. The maximum Gasteiger partial charge on any atom is 0.237 e. The summed E-state index contributed by atoms with van der Waals surface area (Å²) >= 11 is 0. The van der Waals surface area contributed by atoms with Gasteiger partial charge in [0.05, 0.1) is 11.8 Å². The first-order valence-corrected chi connectivity index (χ1v) is 6.12. The van der Waals surface area contributed by atoms with Crippen molar-refractivity contribution in [1.82, 2.24) is 4.98 Å². The molecular formula is C14H22N2O. The zero-order valence-corrected chi connectivity index (χ0v) is 10.9. The Morgan fingerprint density at radius 2 is 2.24 bits per heavy atom. The summed E-state index contributed by atoms with van der Waals surface area (Å²) in [6.45, 7) is 9.88. The van der Waals surface area contributed by atoms with E-state index in [1.807, 2.05) is 32.1 Å². The minimum atomic E-state index is 0.133. The second-order valence-electron chi connectivity index (χ2n) is 4.43. The number of hydrogen-bond acceptors (Lipinski definition) is 3. The Hall–Kier alpha value is -1.51. The molecule has 0 fully saturated rings. The highest BCUT2D eigenvalue weighted by molar-refractivity contribution is 5.52. The second kappa shape index (κ2) is 6.94. The van der Waals surface area contributed by atoms with Crippen molar-refractivity contribution >= 4 is 5.69 Å². The van der Waals surface area contributed by atoms with Gasteiger partial charge in [-0.3, -0.25) is 0 Å². The number of anilines is 1. The van der Waals surface area contributed by atoms with Gasteiger partial charge in [-0.2, -0.15) is 0 Å². The van der Waals surface area contributed by atoms with Gasteiger partial charge in [0.1, 0.15) is 0 Å². The number of allylic oxidation sites excluding steroid dienone is 1. The molecule has 1 N–H and O–H groups in total. The highest BCUT2D eigenvalue weighted by atomic mass is 16.5. The van der Waals surface area contributed by atoms with Gasteiger partial charge in [0, 0.05) is 12.2 Å². The molecule has 0 spiro atoms. The Balaban J connectivity index is 2.65. The number of nitrogens with one attached hydrogen (secondary N) is 1. The van der Waals surface area contributed by atoms with Crippen LogP contribution < -0.4 is 10.1 Å². The van der Waals surface area contributed by atoms with E-state index >= 15 is 0 Å². The first-order chi connectivity index (χ1) is 8.13. The van der Waals surface area contributed by atoms with Gasteiger partial charge >= 0.3 is 0 Å². The summed E-state index contributed by atoms with van der Waals surface area (Å²) in [6.07, 6.45) is 5.88. The van der Waals surface area contributed by atoms with E-state index in [0.29, 0.717) is 11.9 Å². The quantitative estimate of drug-likeness (QED) is 0.731. The van der Waals surface area contributed by atoms with E-state index < -0.39 is 0 Å². The maximum atomic E-state index is 5.66. The monoisotopic (exact) mass is 234 g/mol. The van der Waals surface area contributed by atoms with Crippen LogP contribution in [0, 0.1) is 0 Å². The van der Waals surface area contributed by atoms with E-state index in [1.54, 1.807) is 6.20 Å². The molecule has 0 aliphatic heterocycles. The van der Waals surface area contributed by atoms with Crippen molar-refractivity contribution in [2.45, 2.75) is 45.8 Å². The minimum Gasteiger partial charge on any atom is -0.473 e. The van der Waals surface area contributed by atoms with Gasteiger partial charge in [-0.1, -0.05) is 6.08 Å². The first kappa shape index (κ1) is 13.6. The SMILES string of the molecule is C=CCCC(C)Nc1cccnc1OC(C)C. The molecule has 1 aromatic heterocycles. The molecule has 0 aliphatic carbocycles. The van der Waals surface area contributed by atoms with Crippen LogP contribution in [0.2, 0.25) is 0 Å². The summed E-state index contributed by atoms with van der Waals surface area (Å²) in [6, 6.07) is 4.29. The van der Waals surface area contributed by atoms with E-state index in [9.17, 15) is 0 Å². The van der Waals surface area contributed by atoms with Crippen LogP contribution in [0.3, 0.4) is 0 Å². The highest BCUT2D eigenvalue weighted by Crippen LogP contribution is 2.23. The van der Waals surface area contributed by atoms with Crippen molar-refractivity contribution in [3.8, 4) is 5.88 Å². The van der Waals surface area contributed by atoms with Crippen LogP contribution in [-0.4, -0.2) is 17.1 Å². The Morgan fingerprint density at radius 1 is 1.47 bits per heavy atom. The average molecular weight is 234 g/mol. The van der Waals surface area contributed by atoms with Gasteiger partial charge in [-0.05, 0) is 45.7 Å². The summed E-state index contributed by atoms with van der Waals surface area (Å²) in [5, 5.41) is 3.42. The number of ether oxygens (including phenoxy) is 1. The predicted octanol–water partition coefficient (Wildman–Crippen LogP) is 3.64. The number of hydrogen-bond donors (Lipinski definition) is 1. The van der Waals surface area contributed by atoms with Crippen LogP contribution in [0.15, 0.2) is 31.0 Å². The fraction of sp³-hybridized carbons (Fsp3) is 0.500. The number of pyridine rings is 1. The molecule has 1 aromatic rings. The zero-order valence-electron chi connectivity index (χ0n) is 10.9. The molecule has 1 unspecified atom stereocenters. The van der Waals surface area contributed by atoms with Crippen molar-refractivity contribution in [2.24, 2.45) is 0 Å². The van der Waals surface area contributed by atoms with Gasteiger partial charge in [-0.25, -0.2) is 4.98 Å². The number of nitrogens with zero attached hydrogens (tertiary/aromatic N) is 1. The van der Waals surface area contributed by atoms with Crippen molar-refractivity contribution in [3.63, 3.8) is 0 Å². The molecule has 0 bridgehead atoms. The summed E-state index contributed by atoms with van der Waals surface area (Å²) < 4.78 is 5.66. The lowest BCUT2D eigenvalue weighted by Gasteiger charge is -2.18. The molecule has 1 rings (SSSR count). The predicted molar refractivity (Wildman–Crippen MR) is 72.5 cm³/mol. The van der Waals surface area contributed by atoms with E-state index in [-0.39, 0.29) is 6.10 Å². The van der Waals surface area contributed by atoms with Crippen LogP contribution in [0.1, 0.15) is 33.6 Å². The summed E-state index contributed by atoms with van der Waals surface area (Å²) in [4.78, 5) is 4.25. The third-order valence-corrected chi connectivity index (χ3v) is 2.32. The zero-order chi connectivity index (χ0) is 12.7. The standard InChI is InChI=1S/C14H22N2O/c1-5-6-8-12(4)16-13-9-7-10-15-14(13)17-11(2)3/h5,7,9-12,16H,1,6,8H2,2-4H3. The van der Waals surface area contributed by atoms with Crippen molar-refractivity contribution < 1.29 is 4.74 Å². The molecule has 1 heterocycles. The Kier molecular flexibility index (Phi) is 5.53. The highest BCUT2D eigenvalue weighted by Gasteiger charge is 2.08. The molecule has 0 saturated carbocycles. The molecule has 0 radical (unpaired) electrons. The lowest BCUT2D eigenvalue weighted by atomic mass is 10.2. The number of aromatic nitrogens is 1. The molecule has 0 aromatic carbocycles. The van der Waals surface area contributed by atoms with Gasteiger partial charge in [0.2, 0.25) is 5.88 Å². The van der Waals surface area contributed by atoms with E-state index in [0.717, 1.165) is 18.5 Å². The summed E-state index contributed by atoms with van der Waals surface area (Å²) in [7, 11) is 0. The molecule has 94 valence electrons. The molecule has 1 atom stereocenters. The lowest BCUT2D eigenvalue weighted by Crippen LogP contribution is -2.17. The fourth-order valence-corrected chi connectivity index (χ4v) is 1.52. The first-order valence-electron chi connectivity index (χ1n) is 6.12. The normalized spacial score (nSPS) is 12.2. The maximum absolute atomic E-state index is 5.66. The van der Waals surface area contributed by atoms with Crippen molar-refractivity contribution in [1.29, 1.82) is 0 Å². The Labute approximate surface area is 104 Å². The number of rotatable bonds is 7. The van der Waals surface area contributed by atoms with Crippen LogP contribution in [0.5, 0.6) is 5.88 Å². The van der Waals surface area contributed by atoms with Gasteiger partial charge in [-0.15, -0.1) is 6.58 Å². The van der Waals surface area contributed by atoms with Gasteiger partial charge in [0.25, 0.3) is 0 Å². The van der Waals surface area contributed by atoms with Crippen molar-refractivity contribution in [2.75, 3.05) is 5.32 Å². The van der Waals surface area contributed by atoms with E-state index in [1.165, 1.54) is 0 Å². The van der Waals surface area contributed by atoms with Crippen LogP contribution >= 0.6 is 0 Å². The van der Waals surface area contributed by atoms with Gasteiger partial charge < -0.3 is 10.1 Å². The smallest absolute Gasteiger partial charge is 0.237 e. The summed E-state index contributed by atoms with van der Waals surface area (Å²) in [5.41, 5.74) is 0.956. The molecule has 0 aliphatic rings. The molecule has 17 heavy (non-hydrogen) atoms. The Morgan fingerprint density at radius 3 is 2.88 bits per heavy atom. The van der Waals surface area contributed by atoms with Gasteiger partial charge in [0.15, 0.2) is 0 Å². The van der Waals surface area contributed by atoms with Crippen LogP contribution in [-0.2, 0) is 0 Å². The third kappa shape index (κ3) is 4.89. The molecule has 0 saturated heterocycles. The van der Waals surface area contributed by atoms with Crippen molar-refractivity contribution in [3.05, 3.63) is 31.0 Å². The second-order valence-corrected chi connectivity index (χ2v) is 4.43. The molecule has 3 nitrogen and oxygen atoms in total. The Bertz CT molecular complexity index is 350. The molecular weight excluding hydrogens is 212 g/mol.